The molecular weight excluding hydrogens is 458 g/mol. The highest BCUT2D eigenvalue weighted by Crippen LogP contribution is 2.37. The van der Waals surface area contributed by atoms with E-state index in [4.69, 9.17) is 4.74 Å². The molecule has 1 aromatic heterocycles. The minimum atomic E-state index is -1.57. The molecule has 33 heavy (non-hydrogen) atoms. The van der Waals surface area contributed by atoms with Gasteiger partial charge in [0.05, 0.1) is 24.3 Å². The number of amides is 1. The van der Waals surface area contributed by atoms with Crippen LogP contribution in [0.3, 0.4) is 0 Å². The van der Waals surface area contributed by atoms with Crippen LogP contribution < -0.4 is 14.8 Å². The number of hydrogen-bond donors (Lipinski definition) is 3. The number of nitrogens with zero attached hydrogens (tertiary/aromatic N) is 1. The summed E-state index contributed by atoms with van der Waals surface area (Å²) in [5.41, 5.74) is 3.11. The van der Waals surface area contributed by atoms with E-state index in [0.717, 1.165) is 47.4 Å². The summed E-state index contributed by atoms with van der Waals surface area (Å²) in [6, 6.07) is 12.6. The zero-order chi connectivity index (χ0) is 23.4. The number of aliphatic hydroxyl groups is 1. The number of nitrogens with one attached hydrogen (secondary N) is 2. The molecule has 1 atom stereocenters. The van der Waals surface area contributed by atoms with Gasteiger partial charge in [-0.05, 0) is 61.2 Å². The molecule has 1 unspecified atom stereocenters. The molecule has 4 rings (SSSR count). The molecule has 1 saturated carbocycles. The van der Waals surface area contributed by atoms with Crippen molar-refractivity contribution in [2.75, 3.05) is 17.1 Å². The Morgan fingerprint density at radius 3 is 2.61 bits per heavy atom. The Morgan fingerprint density at radius 2 is 1.94 bits per heavy atom. The molecule has 3 aromatic rings. The van der Waals surface area contributed by atoms with Gasteiger partial charge in [-0.15, -0.1) is 0 Å². The average Bonchev–Trinajstić information content (AvgIpc) is 3.49. The van der Waals surface area contributed by atoms with E-state index in [1.54, 1.807) is 37.4 Å². The normalized spacial score (nSPS) is 14.8. The molecule has 1 heterocycles. The van der Waals surface area contributed by atoms with Crippen molar-refractivity contribution in [3.63, 3.8) is 0 Å². The summed E-state index contributed by atoms with van der Waals surface area (Å²) in [4.78, 5) is 18.4. The molecule has 0 radical (unpaired) electrons. The molecule has 3 N–H and O–H groups in total. The molecule has 1 aliphatic carbocycles. The molecule has 9 heteroatoms. The Bertz CT molecular complexity index is 1160. The first-order valence-corrected chi connectivity index (χ1v) is 12.8. The van der Waals surface area contributed by atoms with Gasteiger partial charge < -0.3 is 19.9 Å². The summed E-state index contributed by atoms with van der Waals surface area (Å²) in [6.07, 6.45) is 4.08. The molecule has 7 nitrogen and oxygen atoms in total. The zero-order valence-corrected chi connectivity index (χ0v) is 20.2. The number of aliphatic hydroxyl groups excluding tert-OH is 1. The number of benzene rings is 2. The summed E-state index contributed by atoms with van der Waals surface area (Å²) >= 11 is 1.41. The Labute approximate surface area is 199 Å². The van der Waals surface area contributed by atoms with Gasteiger partial charge in [0.15, 0.2) is 16.1 Å². The van der Waals surface area contributed by atoms with Crippen molar-refractivity contribution < 1.29 is 18.8 Å². The Hall–Kier alpha value is -2.75. The monoisotopic (exact) mass is 485 g/mol. The number of aromatic nitrogens is 1. The first kappa shape index (κ1) is 23.4. The number of aryl methyl sites for hydroxylation is 1. The van der Waals surface area contributed by atoms with Gasteiger partial charge in [0, 0.05) is 11.6 Å². The van der Waals surface area contributed by atoms with Crippen LogP contribution in [0.15, 0.2) is 47.4 Å². The van der Waals surface area contributed by atoms with Gasteiger partial charge in [-0.1, -0.05) is 36.3 Å². The van der Waals surface area contributed by atoms with Crippen molar-refractivity contribution in [3.8, 4) is 16.2 Å². The number of carbonyl (C=O) groups is 1. The number of thiazole rings is 1. The third-order valence-corrected chi connectivity index (χ3v) is 7.99. The number of ether oxygens (including phenoxy) is 1. The van der Waals surface area contributed by atoms with Crippen molar-refractivity contribution in [1.82, 2.24) is 4.98 Å². The molecule has 2 aromatic carbocycles. The second kappa shape index (κ2) is 10.5. The van der Waals surface area contributed by atoms with Gasteiger partial charge in [0.2, 0.25) is 5.91 Å². The van der Waals surface area contributed by atoms with Crippen molar-refractivity contribution in [2.24, 2.45) is 5.92 Å². The van der Waals surface area contributed by atoms with Crippen LogP contribution in [-0.2, 0) is 22.4 Å². The van der Waals surface area contributed by atoms with Crippen LogP contribution in [0.4, 0.5) is 10.8 Å². The summed E-state index contributed by atoms with van der Waals surface area (Å²) in [6.45, 7) is 1.86. The standard InChI is InChI=1S/C24H27N3O4S2/c1-15-22(32-24(25-15)26-23(29)17-5-3-4-6-17)18-9-12-20(31-2)21(13-18)33(30)27-19-10-7-16(14-28)8-11-19/h7-13,17,27-28H,3-6,14H2,1-2H3,(H,25,26,29). The van der Waals surface area contributed by atoms with Gasteiger partial charge in [0.1, 0.15) is 10.6 Å². The highest BCUT2D eigenvalue weighted by Gasteiger charge is 2.24. The van der Waals surface area contributed by atoms with Crippen molar-refractivity contribution in [2.45, 2.75) is 44.1 Å². The number of rotatable bonds is 8. The van der Waals surface area contributed by atoms with E-state index in [1.165, 1.54) is 11.3 Å². The lowest BCUT2D eigenvalue weighted by molar-refractivity contribution is -0.119. The lowest BCUT2D eigenvalue weighted by Crippen LogP contribution is -2.20. The van der Waals surface area contributed by atoms with E-state index in [-0.39, 0.29) is 18.4 Å². The van der Waals surface area contributed by atoms with E-state index < -0.39 is 11.0 Å². The Morgan fingerprint density at radius 1 is 1.21 bits per heavy atom. The highest BCUT2D eigenvalue weighted by atomic mass is 32.2. The van der Waals surface area contributed by atoms with Crippen LogP contribution in [0, 0.1) is 12.8 Å². The van der Waals surface area contributed by atoms with E-state index in [9.17, 15) is 14.1 Å². The molecule has 1 fully saturated rings. The van der Waals surface area contributed by atoms with Gasteiger partial charge in [0.25, 0.3) is 0 Å². The van der Waals surface area contributed by atoms with Crippen LogP contribution in [0.1, 0.15) is 36.9 Å². The molecule has 174 valence electrons. The quantitative estimate of drug-likeness (QED) is 0.422. The first-order valence-electron chi connectivity index (χ1n) is 10.8. The summed E-state index contributed by atoms with van der Waals surface area (Å²) in [7, 11) is -0.0301. The maximum Gasteiger partial charge on any atom is 0.229 e. The smallest absolute Gasteiger partial charge is 0.229 e. The summed E-state index contributed by atoms with van der Waals surface area (Å²) in [5.74, 6) is 0.624. The molecular formula is C24H27N3O4S2. The predicted molar refractivity (Wildman–Crippen MR) is 132 cm³/mol. The predicted octanol–water partition coefficient (Wildman–Crippen LogP) is 4.88. The molecule has 1 amide bonds. The van der Waals surface area contributed by atoms with E-state index in [0.29, 0.717) is 21.5 Å². The van der Waals surface area contributed by atoms with Crippen LogP contribution in [0.25, 0.3) is 10.4 Å². The first-order chi connectivity index (χ1) is 16.0. The van der Waals surface area contributed by atoms with Gasteiger partial charge in [-0.25, -0.2) is 9.19 Å². The topological polar surface area (TPSA) is 101 Å². The van der Waals surface area contributed by atoms with Crippen LogP contribution in [0.2, 0.25) is 0 Å². The van der Waals surface area contributed by atoms with Gasteiger partial charge in [-0.3, -0.25) is 4.79 Å². The van der Waals surface area contributed by atoms with Gasteiger partial charge in [-0.2, -0.15) is 0 Å². The second-order valence-electron chi connectivity index (χ2n) is 8.00. The lowest BCUT2D eigenvalue weighted by Gasteiger charge is -2.12. The second-order valence-corrected chi connectivity index (χ2v) is 10.2. The third kappa shape index (κ3) is 5.43. The Balaban J connectivity index is 1.56. The minimum absolute atomic E-state index is 0.0424. The molecule has 0 aliphatic heterocycles. The number of methoxy groups -OCH3 is 1. The van der Waals surface area contributed by atoms with Gasteiger partial charge >= 0.3 is 0 Å². The summed E-state index contributed by atoms with van der Waals surface area (Å²) in [5, 5.41) is 12.8. The molecule has 1 aliphatic rings. The molecule has 0 saturated heterocycles. The van der Waals surface area contributed by atoms with Crippen molar-refractivity contribution in [3.05, 3.63) is 53.7 Å². The van der Waals surface area contributed by atoms with E-state index in [1.807, 2.05) is 19.1 Å². The number of hydrogen-bond acceptors (Lipinski definition) is 6. The maximum absolute atomic E-state index is 13.1. The van der Waals surface area contributed by atoms with E-state index >= 15 is 0 Å². The average molecular weight is 486 g/mol. The number of carbonyl (C=O) groups excluding carboxylic acids is 1. The van der Waals surface area contributed by atoms with E-state index in [2.05, 4.69) is 15.0 Å². The maximum atomic E-state index is 13.1. The fraction of sp³-hybridized carbons (Fsp3) is 0.333. The lowest BCUT2D eigenvalue weighted by atomic mass is 10.1. The molecule has 0 bridgehead atoms. The number of anilines is 2. The largest absolute Gasteiger partial charge is 0.495 e. The fourth-order valence-electron chi connectivity index (χ4n) is 3.92. The highest BCUT2D eigenvalue weighted by molar-refractivity contribution is 7.86. The fourth-order valence-corrected chi connectivity index (χ4v) is 5.91. The van der Waals surface area contributed by atoms with Crippen molar-refractivity contribution >= 4 is 39.0 Å². The summed E-state index contributed by atoms with van der Waals surface area (Å²) < 4.78 is 21.5. The Kier molecular flexibility index (Phi) is 7.42. The minimum Gasteiger partial charge on any atom is -0.495 e. The van der Waals surface area contributed by atoms with Crippen LogP contribution >= 0.6 is 11.3 Å². The van der Waals surface area contributed by atoms with Crippen molar-refractivity contribution in [1.29, 1.82) is 0 Å². The zero-order valence-electron chi connectivity index (χ0n) is 18.6. The molecule has 0 spiro atoms. The van der Waals surface area contributed by atoms with Crippen LogP contribution in [-0.4, -0.2) is 27.3 Å². The van der Waals surface area contributed by atoms with Crippen LogP contribution in [0.5, 0.6) is 5.75 Å². The SMILES string of the molecule is COc1ccc(-c2sc(NC(=O)C3CCCC3)nc2C)cc1S(=O)Nc1ccc(CO)cc1. The third-order valence-electron chi connectivity index (χ3n) is 5.73.